The summed E-state index contributed by atoms with van der Waals surface area (Å²) in [7, 11) is 0. The molecule has 1 atom stereocenters. The number of hydrogen-bond donors (Lipinski definition) is 2. The number of aryl methyl sites for hydroxylation is 2. The van der Waals surface area contributed by atoms with Crippen LogP contribution in [-0.4, -0.2) is 5.11 Å². The van der Waals surface area contributed by atoms with Gasteiger partial charge >= 0.3 is 0 Å². The van der Waals surface area contributed by atoms with Crippen molar-refractivity contribution in [3.8, 4) is 5.75 Å². The molecular weight excluding hydrogens is 361 g/mol. The molecule has 0 radical (unpaired) electrons. The summed E-state index contributed by atoms with van der Waals surface area (Å²) >= 11 is 2.34. The first-order valence-electron chi connectivity index (χ1n) is 6.98. The lowest BCUT2D eigenvalue weighted by molar-refractivity contribution is 0.472. The normalized spacial score (nSPS) is 17.6. The minimum atomic E-state index is 0.345. The summed E-state index contributed by atoms with van der Waals surface area (Å²) in [6.45, 7) is 2.14. The lowest BCUT2D eigenvalue weighted by atomic mass is 9.87. The summed E-state index contributed by atoms with van der Waals surface area (Å²) < 4.78 is 1.26. The van der Waals surface area contributed by atoms with Gasteiger partial charge in [0.2, 0.25) is 0 Å². The van der Waals surface area contributed by atoms with Crippen molar-refractivity contribution in [1.82, 2.24) is 0 Å². The van der Waals surface area contributed by atoms with E-state index < -0.39 is 0 Å². The summed E-state index contributed by atoms with van der Waals surface area (Å²) in [5.41, 5.74) is 5.09. The fraction of sp³-hybridized carbons (Fsp3) is 0.294. The maximum Gasteiger partial charge on any atom is 0.115 e. The van der Waals surface area contributed by atoms with Crippen molar-refractivity contribution in [2.75, 3.05) is 5.32 Å². The number of rotatable bonds is 2. The van der Waals surface area contributed by atoms with Gasteiger partial charge in [0.25, 0.3) is 0 Å². The molecule has 0 heterocycles. The molecule has 0 amide bonds. The molecule has 0 fully saturated rings. The summed E-state index contributed by atoms with van der Waals surface area (Å²) in [4.78, 5) is 0. The van der Waals surface area contributed by atoms with Crippen LogP contribution in [0, 0.1) is 10.5 Å². The van der Waals surface area contributed by atoms with Gasteiger partial charge in [-0.1, -0.05) is 6.07 Å². The van der Waals surface area contributed by atoms with Gasteiger partial charge in [-0.25, -0.2) is 0 Å². The van der Waals surface area contributed by atoms with Gasteiger partial charge < -0.3 is 10.4 Å². The van der Waals surface area contributed by atoms with E-state index in [2.05, 4.69) is 59.1 Å². The second-order valence-corrected chi connectivity index (χ2v) is 6.68. The quantitative estimate of drug-likeness (QED) is 0.736. The summed E-state index contributed by atoms with van der Waals surface area (Å²) in [5.74, 6) is 0.370. The number of nitrogens with one attached hydrogen (secondary N) is 1. The highest BCUT2D eigenvalue weighted by Gasteiger charge is 2.20. The van der Waals surface area contributed by atoms with E-state index >= 15 is 0 Å². The molecule has 104 valence electrons. The third-order valence-electron chi connectivity index (χ3n) is 3.96. The van der Waals surface area contributed by atoms with Gasteiger partial charge in [-0.05, 0) is 95.8 Å². The second kappa shape index (κ2) is 5.64. The lowest BCUT2D eigenvalue weighted by Gasteiger charge is -2.28. The minimum absolute atomic E-state index is 0.345. The van der Waals surface area contributed by atoms with E-state index in [9.17, 15) is 5.11 Å². The maximum atomic E-state index is 9.62. The number of hydrogen-bond acceptors (Lipinski definition) is 2. The molecule has 2 nitrogen and oxygen atoms in total. The molecule has 1 aliphatic rings. The van der Waals surface area contributed by atoms with E-state index in [1.54, 1.807) is 6.07 Å². The molecule has 0 saturated carbocycles. The van der Waals surface area contributed by atoms with Gasteiger partial charge in [0.1, 0.15) is 5.75 Å². The minimum Gasteiger partial charge on any atom is -0.508 e. The van der Waals surface area contributed by atoms with Crippen molar-refractivity contribution in [1.29, 1.82) is 0 Å². The number of anilines is 1. The highest BCUT2D eigenvalue weighted by atomic mass is 127. The van der Waals surface area contributed by atoms with Gasteiger partial charge in [0, 0.05) is 9.26 Å². The topological polar surface area (TPSA) is 32.3 Å². The molecule has 1 aliphatic carbocycles. The standard InChI is InChI=1S/C17H18INO/c1-11-9-13(18)5-8-16(11)19-17-4-2-3-12-10-14(20)6-7-15(12)17/h5-10,17,19-20H,2-4H2,1H3. The molecule has 0 spiro atoms. The molecule has 0 aliphatic heterocycles. The molecular formula is C17H18INO. The van der Waals surface area contributed by atoms with Crippen LogP contribution in [0.2, 0.25) is 0 Å². The highest BCUT2D eigenvalue weighted by molar-refractivity contribution is 14.1. The average Bonchev–Trinajstić information content (AvgIpc) is 2.41. The summed E-state index contributed by atoms with van der Waals surface area (Å²) in [6, 6.07) is 12.6. The fourth-order valence-corrected chi connectivity index (χ4v) is 3.57. The number of aromatic hydroxyl groups is 1. The van der Waals surface area contributed by atoms with Crippen LogP contribution in [0.4, 0.5) is 5.69 Å². The van der Waals surface area contributed by atoms with Crippen LogP contribution in [0.15, 0.2) is 36.4 Å². The van der Waals surface area contributed by atoms with Crippen molar-refractivity contribution in [2.45, 2.75) is 32.2 Å². The molecule has 20 heavy (non-hydrogen) atoms. The van der Waals surface area contributed by atoms with E-state index in [0.29, 0.717) is 11.8 Å². The zero-order valence-electron chi connectivity index (χ0n) is 11.5. The average molecular weight is 379 g/mol. The first kappa shape index (κ1) is 13.7. The van der Waals surface area contributed by atoms with E-state index in [1.165, 1.54) is 25.9 Å². The fourth-order valence-electron chi connectivity index (χ4n) is 2.93. The first-order valence-corrected chi connectivity index (χ1v) is 8.06. The number of fused-ring (bicyclic) bond motifs is 1. The first-order chi connectivity index (χ1) is 9.63. The van der Waals surface area contributed by atoms with Crippen molar-refractivity contribution in [3.63, 3.8) is 0 Å². The number of phenolic OH excluding ortho intramolecular Hbond substituents is 1. The van der Waals surface area contributed by atoms with E-state index in [-0.39, 0.29) is 0 Å². The summed E-state index contributed by atoms with van der Waals surface area (Å²) in [5, 5.41) is 13.3. The van der Waals surface area contributed by atoms with Crippen LogP contribution in [0.5, 0.6) is 5.75 Å². The maximum absolute atomic E-state index is 9.62. The molecule has 0 bridgehead atoms. The van der Waals surface area contributed by atoms with Crippen LogP contribution in [0.1, 0.15) is 35.6 Å². The zero-order chi connectivity index (χ0) is 14.1. The predicted molar refractivity (Wildman–Crippen MR) is 91.3 cm³/mol. The van der Waals surface area contributed by atoms with Crippen LogP contribution >= 0.6 is 22.6 Å². The van der Waals surface area contributed by atoms with Gasteiger partial charge in [-0.2, -0.15) is 0 Å². The Bertz CT molecular complexity index is 639. The van der Waals surface area contributed by atoms with Crippen LogP contribution in [0.3, 0.4) is 0 Å². The van der Waals surface area contributed by atoms with E-state index in [0.717, 1.165) is 19.3 Å². The molecule has 3 heteroatoms. The summed E-state index contributed by atoms with van der Waals surface area (Å²) in [6.07, 6.45) is 3.37. The Hall–Kier alpha value is -1.23. The van der Waals surface area contributed by atoms with Crippen LogP contribution < -0.4 is 5.32 Å². The lowest BCUT2D eigenvalue weighted by Crippen LogP contribution is -2.17. The third-order valence-corrected chi connectivity index (χ3v) is 4.63. The van der Waals surface area contributed by atoms with E-state index in [4.69, 9.17) is 0 Å². The Kier molecular flexibility index (Phi) is 3.87. The molecule has 2 aromatic rings. The zero-order valence-corrected chi connectivity index (χ0v) is 13.6. The number of halogens is 1. The molecule has 0 aromatic heterocycles. The predicted octanol–water partition coefficient (Wildman–Crippen LogP) is 4.79. The highest BCUT2D eigenvalue weighted by Crippen LogP contribution is 2.35. The Labute approximate surface area is 133 Å². The molecule has 1 unspecified atom stereocenters. The number of benzene rings is 2. The van der Waals surface area contributed by atoms with Crippen molar-refractivity contribution < 1.29 is 5.11 Å². The smallest absolute Gasteiger partial charge is 0.115 e. The Balaban J connectivity index is 1.89. The van der Waals surface area contributed by atoms with Crippen LogP contribution in [-0.2, 0) is 6.42 Å². The molecule has 2 aromatic carbocycles. The van der Waals surface area contributed by atoms with Gasteiger partial charge in [0.15, 0.2) is 0 Å². The largest absolute Gasteiger partial charge is 0.508 e. The van der Waals surface area contributed by atoms with Gasteiger partial charge in [0.05, 0.1) is 6.04 Å². The monoisotopic (exact) mass is 379 g/mol. The molecule has 2 N–H and O–H groups in total. The van der Waals surface area contributed by atoms with Crippen LogP contribution in [0.25, 0.3) is 0 Å². The second-order valence-electron chi connectivity index (χ2n) is 5.43. The Morgan fingerprint density at radius 3 is 2.85 bits per heavy atom. The van der Waals surface area contributed by atoms with E-state index in [1.807, 2.05) is 6.07 Å². The molecule has 3 rings (SSSR count). The van der Waals surface area contributed by atoms with Crippen molar-refractivity contribution in [2.24, 2.45) is 0 Å². The van der Waals surface area contributed by atoms with Gasteiger partial charge in [-0.3, -0.25) is 0 Å². The van der Waals surface area contributed by atoms with Gasteiger partial charge in [-0.15, -0.1) is 0 Å². The van der Waals surface area contributed by atoms with Crippen molar-refractivity contribution in [3.05, 3.63) is 56.7 Å². The third kappa shape index (κ3) is 2.77. The SMILES string of the molecule is Cc1cc(I)ccc1NC1CCCc2cc(O)ccc21. The van der Waals surface area contributed by atoms with Crippen molar-refractivity contribution >= 4 is 28.3 Å². The molecule has 0 saturated heterocycles. The Morgan fingerprint density at radius 1 is 1.20 bits per heavy atom. The number of phenols is 1. The Morgan fingerprint density at radius 2 is 2.05 bits per heavy atom.